The lowest BCUT2D eigenvalue weighted by atomic mass is 10.1. The number of primary amides is 1. The van der Waals surface area contributed by atoms with Crippen molar-refractivity contribution in [1.82, 2.24) is 0 Å². The van der Waals surface area contributed by atoms with Crippen molar-refractivity contribution in [1.29, 1.82) is 0 Å². The van der Waals surface area contributed by atoms with Crippen molar-refractivity contribution in [3.05, 3.63) is 52.5 Å². The quantitative estimate of drug-likeness (QED) is 0.790. The van der Waals surface area contributed by atoms with Gasteiger partial charge in [0, 0.05) is 5.69 Å². The Kier molecular flexibility index (Phi) is 4.42. The zero-order valence-electron chi connectivity index (χ0n) is 12.0. The maximum absolute atomic E-state index is 13.0. The van der Waals surface area contributed by atoms with E-state index in [2.05, 4.69) is 0 Å². The van der Waals surface area contributed by atoms with Gasteiger partial charge in [-0.2, -0.15) is 13.2 Å². The van der Waals surface area contributed by atoms with Crippen LogP contribution in [0.25, 0.3) is 0 Å². The van der Waals surface area contributed by atoms with Crippen LogP contribution in [-0.4, -0.2) is 6.03 Å². The molecule has 2 aromatic carbocycles. The molecule has 0 fully saturated rings. The van der Waals surface area contributed by atoms with Crippen LogP contribution < -0.4 is 16.4 Å². The molecule has 0 spiro atoms. The van der Waals surface area contributed by atoms with Gasteiger partial charge in [-0.15, -0.1) is 0 Å². The van der Waals surface area contributed by atoms with Crippen molar-refractivity contribution in [3.63, 3.8) is 0 Å². The summed E-state index contributed by atoms with van der Waals surface area (Å²) in [6.45, 7) is 1.76. The lowest BCUT2D eigenvalue weighted by Crippen LogP contribution is -2.31. The van der Waals surface area contributed by atoms with Crippen LogP contribution in [0.4, 0.5) is 35.0 Å². The van der Waals surface area contributed by atoms with Crippen LogP contribution in [0.3, 0.4) is 0 Å². The van der Waals surface area contributed by atoms with Gasteiger partial charge in [-0.3, -0.25) is 4.90 Å². The average molecular weight is 344 g/mol. The molecule has 23 heavy (non-hydrogen) atoms. The first-order valence-corrected chi connectivity index (χ1v) is 6.81. The number of rotatable bonds is 2. The molecular weight excluding hydrogens is 331 g/mol. The summed E-state index contributed by atoms with van der Waals surface area (Å²) in [6.07, 6.45) is -4.65. The molecule has 4 nitrogen and oxygen atoms in total. The molecule has 0 aromatic heterocycles. The van der Waals surface area contributed by atoms with Gasteiger partial charge in [-0.25, -0.2) is 4.79 Å². The summed E-state index contributed by atoms with van der Waals surface area (Å²) in [6, 6.07) is 6.81. The molecule has 2 amide bonds. The summed E-state index contributed by atoms with van der Waals surface area (Å²) in [5.74, 6) is 0. The third-order valence-electron chi connectivity index (χ3n) is 3.25. The van der Waals surface area contributed by atoms with Gasteiger partial charge in [-0.05, 0) is 42.8 Å². The van der Waals surface area contributed by atoms with E-state index >= 15 is 0 Å². The van der Waals surface area contributed by atoms with E-state index < -0.39 is 22.8 Å². The third kappa shape index (κ3) is 3.50. The molecule has 0 radical (unpaired) electrons. The number of hydrogen-bond acceptors (Lipinski definition) is 2. The summed E-state index contributed by atoms with van der Waals surface area (Å²) in [7, 11) is 0. The van der Waals surface area contributed by atoms with Gasteiger partial charge < -0.3 is 11.5 Å². The molecule has 8 heteroatoms. The number of halogens is 4. The Hall–Kier alpha value is -2.41. The Morgan fingerprint density at radius 2 is 1.70 bits per heavy atom. The fraction of sp³-hybridized carbons (Fsp3) is 0.133. The number of amides is 2. The first-order valence-electron chi connectivity index (χ1n) is 6.43. The average Bonchev–Trinajstić information content (AvgIpc) is 2.43. The van der Waals surface area contributed by atoms with E-state index in [0.29, 0.717) is 5.69 Å². The van der Waals surface area contributed by atoms with Gasteiger partial charge in [0.2, 0.25) is 0 Å². The summed E-state index contributed by atoms with van der Waals surface area (Å²) >= 11 is 5.58. The van der Waals surface area contributed by atoms with E-state index in [4.69, 9.17) is 23.1 Å². The van der Waals surface area contributed by atoms with Gasteiger partial charge in [-0.1, -0.05) is 17.7 Å². The molecule has 2 aromatic rings. The number of nitrogens with two attached hydrogens (primary N) is 2. The molecule has 0 saturated heterocycles. The molecule has 0 aliphatic rings. The number of carbonyl (C=O) groups excluding carboxylic acids is 1. The second-order valence-electron chi connectivity index (χ2n) is 4.88. The van der Waals surface area contributed by atoms with Crippen molar-refractivity contribution in [2.24, 2.45) is 5.73 Å². The van der Waals surface area contributed by atoms with Crippen molar-refractivity contribution in [3.8, 4) is 0 Å². The maximum Gasteiger partial charge on any atom is 0.417 e. The Morgan fingerprint density at radius 3 is 2.22 bits per heavy atom. The molecule has 0 bridgehead atoms. The molecule has 2 rings (SSSR count). The number of carbonyl (C=O) groups is 1. The van der Waals surface area contributed by atoms with Crippen LogP contribution in [-0.2, 0) is 6.18 Å². The summed E-state index contributed by atoms with van der Waals surface area (Å²) < 4.78 is 38.9. The van der Waals surface area contributed by atoms with E-state index in [-0.39, 0.29) is 11.4 Å². The fourth-order valence-electron chi connectivity index (χ4n) is 2.04. The number of aryl methyl sites for hydroxylation is 1. The lowest BCUT2D eigenvalue weighted by molar-refractivity contribution is -0.137. The van der Waals surface area contributed by atoms with Crippen LogP contribution in [0.1, 0.15) is 11.1 Å². The topological polar surface area (TPSA) is 72.3 Å². The van der Waals surface area contributed by atoms with Gasteiger partial charge >= 0.3 is 12.2 Å². The lowest BCUT2D eigenvalue weighted by Gasteiger charge is -2.23. The number of benzene rings is 2. The molecular formula is C15H13ClF3N3O. The number of nitrogens with zero attached hydrogens (tertiary/aromatic N) is 1. The second-order valence-corrected chi connectivity index (χ2v) is 5.28. The van der Waals surface area contributed by atoms with Crippen LogP contribution in [0.15, 0.2) is 36.4 Å². The molecule has 0 saturated carbocycles. The number of urea groups is 1. The minimum atomic E-state index is -4.65. The van der Waals surface area contributed by atoms with Crippen molar-refractivity contribution in [2.45, 2.75) is 13.1 Å². The SMILES string of the molecule is Cc1ccc(N(C(N)=O)c2ccc(Cl)c(C(F)(F)F)c2)cc1N. The highest BCUT2D eigenvalue weighted by atomic mass is 35.5. The van der Waals surface area contributed by atoms with Gasteiger partial charge in [0.25, 0.3) is 0 Å². The molecule has 0 atom stereocenters. The highest BCUT2D eigenvalue weighted by Crippen LogP contribution is 2.38. The predicted molar refractivity (Wildman–Crippen MR) is 83.8 cm³/mol. The highest BCUT2D eigenvalue weighted by Gasteiger charge is 2.34. The Balaban J connectivity index is 2.59. The van der Waals surface area contributed by atoms with E-state index in [1.54, 1.807) is 19.1 Å². The van der Waals surface area contributed by atoms with Crippen molar-refractivity contribution < 1.29 is 18.0 Å². The second kappa shape index (κ2) is 6.00. The van der Waals surface area contributed by atoms with E-state index in [1.165, 1.54) is 12.1 Å². The largest absolute Gasteiger partial charge is 0.417 e. The number of anilines is 3. The van der Waals surface area contributed by atoms with E-state index in [0.717, 1.165) is 22.6 Å². The van der Waals surface area contributed by atoms with E-state index in [1.807, 2.05) is 0 Å². The smallest absolute Gasteiger partial charge is 0.398 e. The minimum absolute atomic E-state index is 0.0579. The molecule has 0 heterocycles. The Morgan fingerprint density at radius 1 is 1.13 bits per heavy atom. The predicted octanol–water partition coefficient (Wildman–Crippen LogP) is 4.47. The van der Waals surface area contributed by atoms with Gasteiger partial charge in [0.05, 0.1) is 22.0 Å². The fourth-order valence-corrected chi connectivity index (χ4v) is 2.26. The first kappa shape index (κ1) is 17.0. The Labute approximate surface area is 135 Å². The summed E-state index contributed by atoms with van der Waals surface area (Å²) in [4.78, 5) is 12.7. The first-order chi connectivity index (χ1) is 10.6. The van der Waals surface area contributed by atoms with Crippen LogP contribution >= 0.6 is 11.6 Å². The van der Waals surface area contributed by atoms with Crippen LogP contribution in [0, 0.1) is 6.92 Å². The molecule has 0 aliphatic heterocycles. The zero-order chi connectivity index (χ0) is 17.4. The summed E-state index contributed by atoms with van der Waals surface area (Å²) in [5, 5.41) is -0.464. The molecule has 0 aliphatic carbocycles. The standard InChI is InChI=1S/C15H13ClF3N3O/c1-8-2-3-10(7-13(8)20)22(14(21)23)9-4-5-12(16)11(6-9)15(17,18)19/h2-7H,20H2,1H3,(H2,21,23). The zero-order valence-corrected chi connectivity index (χ0v) is 12.7. The third-order valence-corrected chi connectivity index (χ3v) is 3.58. The summed E-state index contributed by atoms with van der Waals surface area (Å²) in [5.41, 5.74) is 11.4. The Bertz CT molecular complexity index is 762. The maximum atomic E-state index is 13.0. The van der Waals surface area contributed by atoms with Crippen molar-refractivity contribution in [2.75, 3.05) is 10.6 Å². The molecule has 122 valence electrons. The van der Waals surface area contributed by atoms with Crippen LogP contribution in [0.2, 0.25) is 5.02 Å². The number of hydrogen-bond donors (Lipinski definition) is 2. The monoisotopic (exact) mass is 343 g/mol. The van der Waals surface area contributed by atoms with Gasteiger partial charge in [0.1, 0.15) is 0 Å². The number of nitrogen functional groups attached to an aromatic ring is 1. The minimum Gasteiger partial charge on any atom is -0.398 e. The molecule has 4 N–H and O–H groups in total. The normalized spacial score (nSPS) is 11.3. The molecule has 0 unspecified atom stereocenters. The van der Waals surface area contributed by atoms with Gasteiger partial charge in [0.15, 0.2) is 0 Å². The number of alkyl halides is 3. The van der Waals surface area contributed by atoms with Crippen LogP contribution in [0.5, 0.6) is 0 Å². The van der Waals surface area contributed by atoms with Crippen molar-refractivity contribution >= 4 is 34.7 Å². The van der Waals surface area contributed by atoms with E-state index in [9.17, 15) is 18.0 Å². The highest BCUT2D eigenvalue weighted by molar-refractivity contribution is 6.31.